The molecule has 0 bridgehead atoms. The molecule has 58 valence electrons. The van der Waals surface area contributed by atoms with E-state index in [1.165, 1.54) is 23.5 Å². The lowest BCUT2D eigenvalue weighted by atomic mass is 11.0. The van der Waals surface area contributed by atoms with Crippen LogP contribution in [-0.4, -0.2) is 16.0 Å². The fourth-order valence-electron chi connectivity index (χ4n) is 0.799. The summed E-state index contributed by atoms with van der Waals surface area (Å²) in [5.74, 6) is 1.93. The first-order chi connectivity index (χ1) is 4.62. The molecule has 2 saturated heterocycles. The lowest BCUT2D eigenvalue weighted by molar-refractivity contribution is -0.0506. The predicted molar refractivity (Wildman–Crippen MR) is 41.6 cm³/mol. The summed E-state index contributed by atoms with van der Waals surface area (Å²) in [6.07, 6.45) is 0. The lowest BCUT2D eigenvalue weighted by Gasteiger charge is -2.39. The van der Waals surface area contributed by atoms with Crippen LogP contribution in [0.5, 0.6) is 0 Å². The van der Waals surface area contributed by atoms with E-state index >= 15 is 0 Å². The summed E-state index contributed by atoms with van der Waals surface area (Å²) in [5, 5.41) is 0. The fourth-order valence-corrected chi connectivity index (χ4v) is 5.53. The Labute approximate surface area is 66.8 Å². The maximum absolute atomic E-state index is 10.7. The Bertz CT molecular complexity index is 192. The van der Waals surface area contributed by atoms with E-state index in [-0.39, 0.29) is 0 Å². The van der Waals surface area contributed by atoms with Gasteiger partial charge < -0.3 is 0 Å². The first-order valence-electron chi connectivity index (χ1n) is 2.70. The third kappa shape index (κ3) is 1.13. The lowest BCUT2D eigenvalue weighted by Crippen LogP contribution is -2.36. The maximum atomic E-state index is 10.7. The van der Waals surface area contributed by atoms with E-state index in [0.29, 0.717) is 0 Å². The summed E-state index contributed by atoms with van der Waals surface area (Å²) < 4.78 is 19.9. The molecule has 0 radical (unpaired) electrons. The van der Waals surface area contributed by atoms with E-state index in [1.807, 2.05) is 0 Å². The van der Waals surface area contributed by atoms with Gasteiger partial charge in [0.15, 0.2) is 0 Å². The van der Waals surface area contributed by atoms with Gasteiger partial charge in [0, 0.05) is 11.5 Å². The maximum Gasteiger partial charge on any atom is 0.410 e. The number of hydrogen-bond acceptors (Lipinski definition) is 5. The van der Waals surface area contributed by atoms with Gasteiger partial charge in [-0.15, -0.1) is 0 Å². The summed E-state index contributed by atoms with van der Waals surface area (Å²) in [4.78, 5) is 0. The molecule has 0 aromatic carbocycles. The highest BCUT2D eigenvalue weighted by atomic mass is 32.2. The van der Waals surface area contributed by atoms with Gasteiger partial charge in [0.2, 0.25) is 0 Å². The van der Waals surface area contributed by atoms with Crippen LogP contribution in [0.15, 0.2) is 0 Å². The van der Waals surface area contributed by atoms with Crippen LogP contribution in [0.2, 0.25) is 0 Å². The summed E-state index contributed by atoms with van der Waals surface area (Å²) >= 11 is 3.00. The topological polar surface area (TPSA) is 61.6 Å². The molecular weight excluding hydrogens is 193 g/mol. The van der Waals surface area contributed by atoms with Crippen molar-refractivity contribution in [2.75, 3.05) is 11.5 Å². The largest absolute Gasteiger partial charge is 0.410 e. The second-order valence-corrected chi connectivity index (χ2v) is 6.09. The van der Waals surface area contributed by atoms with Crippen LogP contribution in [0.3, 0.4) is 0 Å². The monoisotopic (exact) mass is 199 g/mol. The second kappa shape index (κ2) is 2.15. The Morgan fingerprint density at radius 1 is 1.40 bits per heavy atom. The molecule has 0 amide bonds. The van der Waals surface area contributed by atoms with Gasteiger partial charge in [-0.2, -0.15) is 0 Å². The quantitative estimate of drug-likeness (QED) is 0.591. The van der Waals surface area contributed by atoms with Gasteiger partial charge in [-0.05, 0) is 0 Å². The second-order valence-electron chi connectivity index (χ2n) is 1.92. The summed E-state index contributed by atoms with van der Waals surface area (Å²) in [7, 11) is -3.12. The van der Waals surface area contributed by atoms with Crippen LogP contribution >= 0.6 is 31.3 Å². The van der Waals surface area contributed by atoms with Crippen LogP contribution in [0, 0.1) is 0 Å². The molecule has 2 aliphatic heterocycles. The highest BCUT2D eigenvalue weighted by Crippen LogP contribution is 2.68. The van der Waals surface area contributed by atoms with E-state index in [9.17, 15) is 4.57 Å². The Balaban J connectivity index is 2.05. The van der Waals surface area contributed by atoms with Crippen molar-refractivity contribution in [3.05, 3.63) is 0 Å². The third-order valence-corrected chi connectivity index (χ3v) is 5.46. The first-order valence-corrected chi connectivity index (χ1v) is 6.28. The number of hydrogen-bond donors (Lipinski definition) is 1. The minimum Gasteiger partial charge on any atom is -0.243 e. The third-order valence-electron chi connectivity index (χ3n) is 1.12. The summed E-state index contributed by atoms with van der Waals surface area (Å²) in [6.45, 7) is 0. The van der Waals surface area contributed by atoms with Gasteiger partial charge in [0.1, 0.15) is 0 Å². The van der Waals surface area contributed by atoms with Crippen LogP contribution in [0.4, 0.5) is 0 Å². The van der Waals surface area contributed by atoms with Crippen molar-refractivity contribution in [3.63, 3.8) is 0 Å². The molecule has 2 N–H and O–H groups in total. The highest BCUT2D eigenvalue weighted by Gasteiger charge is 2.57. The van der Waals surface area contributed by atoms with Crippen LogP contribution in [0.1, 0.15) is 0 Å². The van der Waals surface area contributed by atoms with Gasteiger partial charge in [-0.1, -0.05) is 23.5 Å². The molecule has 10 heavy (non-hydrogen) atoms. The average Bonchev–Trinajstić information content (AvgIpc) is 2.10. The van der Waals surface area contributed by atoms with Crippen molar-refractivity contribution >= 4 is 31.3 Å². The minimum absolute atomic E-state index is 0.704. The Morgan fingerprint density at radius 3 is 2.30 bits per heavy atom. The SMILES string of the molecule is NP1(=O)OC2(O1)SCCS2. The van der Waals surface area contributed by atoms with Gasteiger partial charge in [0.25, 0.3) is 4.45 Å². The molecule has 7 heteroatoms. The normalized spacial score (nSPS) is 34.1. The molecule has 0 unspecified atom stereocenters. The van der Waals surface area contributed by atoms with Crippen molar-refractivity contribution in [2.45, 2.75) is 4.45 Å². The molecule has 0 saturated carbocycles. The van der Waals surface area contributed by atoms with Crippen molar-refractivity contribution in [1.29, 1.82) is 0 Å². The van der Waals surface area contributed by atoms with Crippen LogP contribution in [-0.2, 0) is 13.6 Å². The molecule has 2 aliphatic rings. The average molecular weight is 199 g/mol. The standard InChI is InChI=1S/C3H6NO3PS2/c4-8(5)6-3(7-8)9-1-2-10-3/h1-2H2,(H2,4,5). The van der Waals surface area contributed by atoms with Crippen molar-refractivity contribution in [1.82, 2.24) is 0 Å². The van der Waals surface area contributed by atoms with Gasteiger partial charge in [0.05, 0.1) is 0 Å². The molecule has 0 atom stereocenters. The Hall–Kier alpha value is 0.810. The van der Waals surface area contributed by atoms with E-state index in [4.69, 9.17) is 14.6 Å². The fraction of sp³-hybridized carbons (Fsp3) is 1.00. The molecule has 4 nitrogen and oxygen atoms in total. The van der Waals surface area contributed by atoms with Crippen LogP contribution in [0.25, 0.3) is 0 Å². The number of nitrogens with two attached hydrogens (primary N) is 1. The van der Waals surface area contributed by atoms with Crippen molar-refractivity contribution < 1.29 is 13.6 Å². The van der Waals surface area contributed by atoms with Gasteiger partial charge in [-0.3, -0.25) is 0 Å². The predicted octanol–water partition coefficient (Wildman–Crippen LogP) is 1.19. The molecule has 2 fully saturated rings. The zero-order chi connectivity index (χ0) is 7.24. The van der Waals surface area contributed by atoms with E-state index in [0.717, 1.165) is 11.5 Å². The van der Waals surface area contributed by atoms with Crippen molar-refractivity contribution in [2.24, 2.45) is 5.50 Å². The molecule has 1 spiro atoms. The smallest absolute Gasteiger partial charge is 0.243 e. The van der Waals surface area contributed by atoms with Gasteiger partial charge >= 0.3 is 7.75 Å². The van der Waals surface area contributed by atoms with E-state index < -0.39 is 12.2 Å². The van der Waals surface area contributed by atoms with E-state index in [2.05, 4.69) is 0 Å². The zero-order valence-electron chi connectivity index (χ0n) is 4.98. The molecule has 0 aromatic heterocycles. The molecule has 2 heterocycles. The van der Waals surface area contributed by atoms with Gasteiger partial charge in [-0.25, -0.2) is 19.1 Å². The van der Waals surface area contributed by atoms with Crippen LogP contribution < -0.4 is 5.50 Å². The Kier molecular flexibility index (Phi) is 1.61. The zero-order valence-corrected chi connectivity index (χ0v) is 7.51. The summed E-state index contributed by atoms with van der Waals surface area (Å²) in [6, 6.07) is 0. The number of thioether (sulfide) groups is 2. The Morgan fingerprint density at radius 2 is 1.90 bits per heavy atom. The highest BCUT2D eigenvalue weighted by molar-refractivity contribution is 8.21. The molecular formula is C3H6NO3PS2. The molecule has 2 rings (SSSR count). The molecule has 0 aromatic rings. The van der Waals surface area contributed by atoms with E-state index in [1.54, 1.807) is 0 Å². The number of rotatable bonds is 0. The summed E-state index contributed by atoms with van der Waals surface area (Å²) in [5.41, 5.74) is 5.06. The first kappa shape index (κ1) is 7.46. The molecule has 0 aliphatic carbocycles. The minimum atomic E-state index is -3.12. The van der Waals surface area contributed by atoms with Crippen molar-refractivity contribution in [3.8, 4) is 0 Å².